The standard InChI is InChI=1S/C26H29F2N5O3S/c1-17-22(25(34)30-19-6-4-7-21(16-19)37(3,29)35)24(33-14-5-12-26(27,28)13-15-33)32-31-23(17)18-8-10-20(36-2)11-9-18/h4,6-11,16,29H,5,12-15H2,1-3H3,(H,30,34). The second-order valence-electron chi connectivity index (χ2n) is 9.12. The number of benzene rings is 2. The van der Waals surface area contributed by atoms with Crippen molar-refractivity contribution in [3.05, 3.63) is 59.7 Å². The lowest BCUT2D eigenvalue weighted by Gasteiger charge is -2.25. The average molecular weight is 530 g/mol. The van der Waals surface area contributed by atoms with Crippen molar-refractivity contribution in [2.45, 2.75) is 37.0 Å². The van der Waals surface area contributed by atoms with Gasteiger partial charge < -0.3 is 15.0 Å². The van der Waals surface area contributed by atoms with Crippen molar-refractivity contribution in [1.29, 1.82) is 4.78 Å². The summed E-state index contributed by atoms with van der Waals surface area (Å²) in [7, 11) is -1.42. The Hall–Kier alpha value is -3.60. The van der Waals surface area contributed by atoms with Crippen LogP contribution in [-0.4, -0.2) is 52.7 Å². The van der Waals surface area contributed by atoms with Crippen molar-refractivity contribution in [3.63, 3.8) is 0 Å². The highest BCUT2D eigenvalue weighted by Gasteiger charge is 2.34. The third-order valence-electron chi connectivity index (χ3n) is 6.35. The molecule has 2 N–H and O–H groups in total. The van der Waals surface area contributed by atoms with Crippen LogP contribution in [0.2, 0.25) is 0 Å². The van der Waals surface area contributed by atoms with Crippen molar-refractivity contribution in [2.75, 3.05) is 36.7 Å². The van der Waals surface area contributed by atoms with Crippen molar-refractivity contribution < 1.29 is 22.5 Å². The average Bonchev–Trinajstić information content (AvgIpc) is 3.03. The number of hydrogen-bond donors (Lipinski definition) is 2. The topological polar surface area (TPSA) is 108 Å². The molecular weight excluding hydrogens is 500 g/mol. The Morgan fingerprint density at radius 2 is 1.86 bits per heavy atom. The van der Waals surface area contributed by atoms with Gasteiger partial charge in [-0.05, 0) is 61.4 Å². The van der Waals surface area contributed by atoms with Crippen molar-refractivity contribution in [2.24, 2.45) is 0 Å². The van der Waals surface area contributed by atoms with Crippen LogP contribution in [0, 0.1) is 11.7 Å². The van der Waals surface area contributed by atoms with Crippen molar-refractivity contribution >= 4 is 27.1 Å². The summed E-state index contributed by atoms with van der Waals surface area (Å²) in [6, 6.07) is 13.5. The van der Waals surface area contributed by atoms with E-state index in [0.29, 0.717) is 29.2 Å². The number of methoxy groups -OCH3 is 1. The lowest BCUT2D eigenvalue weighted by Crippen LogP contribution is -2.30. The summed E-state index contributed by atoms with van der Waals surface area (Å²) in [5.74, 6) is -2.37. The summed E-state index contributed by atoms with van der Waals surface area (Å²) >= 11 is 0. The summed E-state index contributed by atoms with van der Waals surface area (Å²) in [6.45, 7) is 2.10. The molecule has 2 aromatic carbocycles. The van der Waals surface area contributed by atoms with E-state index in [0.717, 1.165) is 5.56 Å². The Morgan fingerprint density at radius 1 is 1.14 bits per heavy atom. The fourth-order valence-electron chi connectivity index (χ4n) is 4.31. The van der Waals surface area contributed by atoms with Gasteiger partial charge in [-0.25, -0.2) is 17.8 Å². The number of nitrogens with zero attached hydrogens (tertiary/aromatic N) is 3. The molecule has 0 bridgehead atoms. The van der Waals surface area contributed by atoms with E-state index in [1.165, 1.54) is 12.3 Å². The summed E-state index contributed by atoms with van der Waals surface area (Å²) < 4.78 is 53.4. The van der Waals surface area contributed by atoms with Crippen LogP contribution in [0.5, 0.6) is 5.75 Å². The molecule has 4 rings (SSSR count). The van der Waals surface area contributed by atoms with Gasteiger partial charge in [-0.3, -0.25) is 4.79 Å². The SMILES string of the molecule is COc1ccc(-c2nnc(N3CCCC(F)(F)CC3)c(C(=O)Nc3cccc(S(C)(=N)=O)c3)c2C)cc1. The van der Waals surface area contributed by atoms with Crippen LogP contribution < -0.4 is 15.0 Å². The van der Waals surface area contributed by atoms with Gasteiger partial charge in [0.25, 0.3) is 5.91 Å². The Bertz CT molecular complexity index is 1410. The third-order valence-corrected chi connectivity index (χ3v) is 7.50. The molecule has 0 aliphatic carbocycles. The Balaban J connectivity index is 1.78. The quantitative estimate of drug-likeness (QED) is 0.444. The molecule has 11 heteroatoms. The summed E-state index contributed by atoms with van der Waals surface area (Å²) in [5.41, 5.74) is 2.32. The fraction of sp³-hybridized carbons (Fsp3) is 0.346. The van der Waals surface area contributed by atoms with E-state index >= 15 is 0 Å². The maximum atomic E-state index is 14.1. The van der Waals surface area contributed by atoms with Gasteiger partial charge in [0.15, 0.2) is 5.82 Å². The first-order chi connectivity index (χ1) is 17.5. The van der Waals surface area contributed by atoms with E-state index in [9.17, 15) is 17.8 Å². The second-order valence-corrected chi connectivity index (χ2v) is 11.3. The van der Waals surface area contributed by atoms with E-state index in [2.05, 4.69) is 15.5 Å². The zero-order valence-corrected chi connectivity index (χ0v) is 21.7. The predicted molar refractivity (Wildman–Crippen MR) is 139 cm³/mol. The van der Waals surface area contributed by atoms with E-state index in [-0.39, 0.29) is 42.1 Å². The van der Waals surface area contributed by atoms with Gasteiger partial charge in [0.1, 0.15) is 5.75 Å². The minimum absolute atomic E-state index is 0.0372. The van der Waals surface area contributed by atoms with Crippen LogP contribution in [0.1, 0.15) is 35.2 Å². The minimum Gasteiger partial charge on any atom is -0.497 e. The Labute approximate surface area is 215 Å². The highest BCUT2D eigenvalue weighted by molar-refractivity contribution is 7.91. The monoisotopic (exact) mass is 529 g/mol. The molecule has 1 aliphatic rings. The summed E-state index contributed by atoms with van der Waals surface area (Å²) in [5, 5.41) is 11.5. The van der Waals surface area contributed by atoms with Gasteiger partial charge in [-0.2, -0.15) is 0 Å². The Morgan fingerprint density at radius 3 is 2.54 bits per heavy atom. The molecule has 8 nitrogen and oxygen atoms in total. The summed E-state index contributed by atoms with van der Waals surface area (Å²) in [4.78, 5) is 15.6. The number of rotatable bonds is 6. The zero-order valence-electron chi connectivity index (χ0n) is 20.9. The van der Waals surface area contributed by atoms with E-state index < -0.39 is 21.6 Å². The van der Waals surface area contributed by atoms with Gasteiger partial charge in [0, 0.05) is 48.3 Å². The number of carbonyl (C=O) groups excluding carboxylic acids is 1. The van der Waals surface area contributed by atoms with Crippen LogP contribution in [0.15, 0.2) is 53.4 Å². The molecule has 1 atom stereocenters. The third kappa shape index (κ3) is 6.04. The van der Waals surface area contributed by atoms with Crippen LogP contribution in [0.25, 0.3) is 11.3 Å². The molecule has 37 heavy (non-hydrogen) atoms. The number of halogens is 2. The highest BCUT2D eigenvalue weighted by atomic mass is 32.2. The number of anilines is 2. The van der Waals surface area contributed by atoms with E-state index in [1.807, 2.05) is 0 Å². The van der Waals surface area contributed by atoms with E-state index in [4.69, 9.17) is 9.52 Å². The molecule has 1 amide bonds. The number of alkyl halides is 2. The van der Waals surface area contributed by atoms with Crippen LogP contribution in [0.4, 0.5) is 20.3 Å². The van der Waals surface area contributed by atoms with Gasteiger partial charge in [-0.15, -0.1) is 10.2 Å². The predicted octanol–water partition coefficient (Wildman–Crippen LogP) is 5.37. The smallest absolute Gasteiger partial charge is 0.259 e. The first-order valence-corrected chi connectivity index (χ1v) is 13.7. The number of ether oxygens (including phenoxy) is 1. The number of hydrogen-bond acceptors (Lipinski definition) is 7. The number of carbonyl (C=O) groups is 1. The summed E-state index contributed by atoms with van der Waals surface area (Å²) in [6.07, 6.45) is 0.994. The van der Waals surface area contributed by atoms with Crippen molar-refractivity contribution in [3.8, 4) is 17.0 Å². The first-order valence-electron chi connectivity index (χ1n) is 11.8. The molecule has 1 fully saturated rings. The second kappa shape index (κ2) is 10.4. The first kappa shape index (κ1) is 26.5. The molecule has 1 aromatic heterocycles. The maximum Gasteiger partial charge on any atom is 0.259 e. The zero-order chi connectivity index (χ0) is 26.8. The highest BCUT2D eigenvalue weighted by Crippen LogP contribution is 2.34. The molecule has 1 aliphatic heterocycles. The number of aromatic nitrogens is 2. The molecule has 3 aromatic rings. The van der Waals surface area contributed by atoms with Crippen LogP contribution in [0.3, 0.4) is 0 Å². The molecule has 0 radical (unpaired) electrons. The number of amides is 1. The van der Waals surface area contributed by atoms with Crippen LogP contribution >= 0.6 is 0 Å². The van der Waals surface area contributed by atoms with Gasteiger partial charge in [0.2, 0.25) is 5.92 Å². The molecule has 0 spiro atoms. The molecule has 0 saturated carbocycles. The maximum absolute atomic E-state index is 14.1. The largest absolute Gasteiger partial charge is 0.497 e. The molecule has 2 heterocycles. The molecule has 196 valence electrons. The van der Waals surface area contributed by atoms with Gasteiger partial charge in [-0.1, -0.05) is 6.07 Å². The molecule has 1 unspecified atom stereocenters. The minimum atomic E-state index is -2.99. The Kier molecular flexibility index (Phi) is 7.44. The fourth-order valence-corrected chi connectivity index (χ4v) is 5.00. The van der Waals surface area contributed by atoms with Crippen LogP contribution in [-0.2, 0) is 9.73 Å². The lowest BCUT2D eigenvalue weighted by atomic mass is 10.0. The van der Waals surface area contributed by atoms with Gasteiger partial charge in [0.05, 0.1) is 28.1 Å². The normalized spacial score (nSPS) is 16.9. The van der Waals surface area contributed by atoms with Gasteiger partial charge >= 0.3 is 0 Å². The number of nitrogens with one attached hydrogen (secondary N) is 2. The lowest BCUT2D eigenvalue weighted by molar-refractivity contribution is -0.0102. The van der Waals surface area contributed by atoms with Crippen molar-refractivity contribution in [1.82, 2.24) is 10.2 Å². The molecule has 1 saturated heterocycles. The molecular formula is C26H29F2N5O3S. The van der Waals surface area contributed by atoms with E-state index in [1.54, 1.807) is 61.4 Å².